The first kappa shape index (κ1) is 13.5. The smallest absolute Gasteiger partial charge is 0.271 e. The van der Waals surface area contributed by atoms with Crippen LogP contribution in [0, 0.1) is 0 Å². The third kappa shape index (κ3) is 2.28. The molecule has 0 saturated heterocycles. The third-order valence-corrected chi connectivity index (χ3v) is 2.92. The van der Waals surface area contributed by atoms with Crippen molar-refractivity contribution in [1.82, 2.24) is 0 Å². The lowest BCUT2D eigenvalue weighted by molar-refractivity contribution is -0.140. The molecule has 0 aliphatic heterocycles. The summed E-state index contributed by atoms with van der Waals surface area (Å²) >= 11 is 0. The SMILES string of the molecule is [N-]=[N+]=NOC(C(N)=O)(c1ccccc1)c1ccccc1. The average Bonchev–Trinajstić information content (AvgIpc) is 2.50. The molecule has 0 aromatic heterocycles. The molecule has 0 unspecified atom stereocenters. The first-order valence-electron chi connectivity index (χ1n) is 5.85. The molecule has 100 valence electrons. The minimum atomic E-state index is -1.64. The number of carbonyl (C=O) groups is 1. The van der Waals surface area contributed by atoms with E-state index in [-0.39, 0.29) is 0 Å². The Kier molecular flexibility index (Phi) is 3.88. The second-order valence-electron chi connectivity index (χ2n) is 4.04. The summed E-state index contributed by atoms with van der Waals surface area (Å²) < 4.78 is 0. The molecule has 6 nitrogen and oxygen atoms in total. The molecular formula is C14H12N4O2. The summed E-state index contributed by atoms with van der Waals surface area (Å²) in [6.45, 7) is 0. The first-order valence-corrected chi connectivity index (χ1v) is 5.85. The molecular weight excluding hydrogens is 256 g/mol. The van der Waals surface area contributed by atoms with Crippen LogP contribution in [0.15, 0.2) is 65.9 Å². The van der Waals surface area contributed by atoms with Crippen LogP contribution >= 0.6 is 0 Å². The number of primary amides is 1. The summed E-state index contributed by atoms with van der Waals surface area (Å²) in [5.41, 5.74) is 13.4. The van der Waals surface area contributed by atoms with Crippen molar-refractivity contribution in [2.45, 2.75) is 5.60 Å². The fraction of sp³-hybridized carbons (Fsp3) is 0.0714. The maximum Gasteiger partial charge on any atom is 0.271 e. The average molecular weight is 268 g/mol. The van der Waals surface area contributed by atoms with E-state index in [4.69, 9.17) is 16.1 Å². The summed E-state index contributed by atoms with van der Waals surface area (Å²) in [4.78, 5) is 19.7. The van der Waals surface area contributed by atoms with E-state index < -0.39 is 11.5 Å². The number of hydrogen-bond donors (Lipinski definition) is 1. The number of rotatable bonds is 5. The van der Waals surface area contributed by atoms with Crippen molar-refractivity contribution in [2.75, 3.05) is 0 Å². The van der Waals surface area contributed by atoms with Crippen molar-refractivity contribution in [3.63, 3.8) is 0 Å². The minimum absolute atomic E-state index is 0.492. The fourth-order valence-corrected chi connectivity index (χ4v) is 2.03. The van der Waals surface area contributed by atoms with Crippen molar-refractivity contribution < 1.29 is 9.63 Å². The zero-order valence-corrected chi connectivity index (χ0v) is 10.5. The summed E-state index contributed by atoms with van der Waals surface area (Å²) in [5, 5.41) is 3.10. The summed E-state index contributed by atoms with van der Waals surface area (Å²) in [6, 6.07) is 17.3. The van der Waals surface area contributed by atoms with Gasteiger partial charge in [-0.1, -0.05) is 60.7 Å². The summed E-state index contributed by atoms with van der Waals surface area (Å²) in [5.74, 6) is -0.762. The monoisotopic (exact) mass is 268 g/mol. The second kappa shape index (κ2) is 5.77. The molecule has 2 aromatic carbocycles. The van der Waals surface area contributed by atoms with Gasteiger partial charge in [0.25, 0.3) is 5.91 Å². The van der Waals surface area contributed by atoms with E-state index in [1.54, 1.807) is 60.7 Å². The molecule has 0 saturated carbocycles. The third-order valence-electron chi connectivity index (χ3n) is 2.92. The molecule has 0 aliphatic carbocycles. The largest absolute Gasteiger partial charge is 0.407 e. The molecule has 0 bridgehead atoms. The van der Waals surface area contributed by atoms with E-state index in [0.29, 0.717) is 11.1 Å². The summed E-state index contributed by atoms with van der Waals surface area (Å²) in [6.07, 6.45) is 0. The molecule has 0 fully saturated rings. The zero-order valence-electron chi connectivity index (χ0n) is 10.5. The van der Waals surface area contributed by atoms with Gasteiger partial charge in [-0.15, -0.1) is 0 Å². The standard InChI is InChI=1S/C14H12N4O2/c15-13(19)14(20-18-17-16,11-7-3-1-4-8-11)12-9-5-2-6-10-12/h1-10H,(H2,15,19). The molecule has 1 amide bonds. The van der Waals surface area contributed by atoms with E-state index in [2.05, 4.69) is 10.2 Å². The maximum atomic E-state index is 12.0. The number of azide groups is 1. The number of carbonyl (C=O) groups excluding carboxylic acids is 1. The van der Waals surface area contributed by atoms with Crippen LogP contribution in [0.4, 0.5) is 0 Å². The van der Waals surface area contributed by atoms with Crippen LogP contribution in [-0.4, -0.2) is 5.91 Å². The highest BCUT2D eigenvalue weighted by Crippen LogP contribution is 2.33. The van der Waals surface area contributed by atoms with Crippen LogP contribution < -0.4 is 5.73 Å². The van der Waals surface area contributed by atoms with Gasteiger partial charge in [-0.05, 0) is 5.53 Å². The van der Waals surface area contributed by atoms with Gasteiger partial charge in [0.05, 0.1) is 0 Å². The van der Waals surface area contributed by atoms with E-state index in [9.17, 15) is 4.79 Å². The van der Waals surface area contributed by atoms with E-state index in [1.165, 1.54) is 0 Å². The van der Waals surface area contributed by atoms with Crippen molar-refractivity contribution in [3.05, 3.63) is 82.2 Å². The van der Waals surface area contributed by atoms with Crippen molar-refractivity contribution in [3.8, 4) is 0 Å². The normalized spacial score (nSPS) is 10.4. The van der Waals surface area contributed by atoms with Gasteiger partial charge in [-0.2, -0.15) is 0 Å². The van der Waals surface area contributed by atoms with Crippen LogP contribution in [0.5, 0.6) is 0 Å². The Morgan fingerprint density at radius 3 is 1.85 bits per heavy atom. The Hall–Kier alpha value is -2.98. The molecule has 2 aromatic rings. The van der Waals surface area contributed by atoms with Crippen LogP contribution in [0.2, 0.25) is 0 Å². The number of hydrogen-bond acceptors (Lipinski definition) is 3. The highest BCUT2D eigenvalue weighted by molar-refractivity contribution is 5.89. The van der Waals surface area contributed by atoms with Gasteiger partial charge >= 0.3 is 0 Å². The predicted octanol–water partition coefficient (Wildman–Crippen LogP) is 2.66. The van der Waals surface area contributed by atoms with Crippen LogP contribution in [0.1, 0.15) is 11.1 Å². The van der Waals surface area contributed by atoms with Gasteiger partial charge < -0.3 is 10.6 Å². The van der Waals surface area contributed by atoms with E-state index >= 15 is 0 Å². The predicted molar refractivity (Wildman–Crippen MR) is 73.1 cm³/mol. The highest BCUT2D eigenvalue weighted by Gasteiger charge is 2.43. The number of nitrogens with zero attached hydrogens (tertiary/aromatic N) is 3. The molecule has 0 heterocycles. The maximum absolute atomic E-state index is 12.0. The molecule has 20 heavy (non-hydrogen) atoms. The summed E-state index contributed by atoms with van der Waals surface area (Å²) in [7, 11) is 0. The quantitative estimate of drug-likeness (QED) is 0.390. The van der Waals surface area contributed by atoms with E-state index in [1.807, 2.05) is 0 Å². The van der Waals surface area contributed by atoms with Crippen molar-refractivity contribution in [1.29, 1.82) is 0 Å². The van der Waals surface area contributed by atoms with Gasteiger partial charge in [0.15, 0.2) is 0 Å². The van der Waals surface area contributed by atoms with Gasteiger partial charge in [0.1, 0.15) is 5.28 Å². The number of amides is 1. The second-order valence-corrected chi connectivity index (χ2v) is 4.04. The Balaban J connectivity index is 2.69. The first-order chi connectivity index (χ1) is 9.71. The molecule has 2 rings (SSSR count). The molecule has 0 spiro atoms. The lowest BCUT2D eigenvalue weighted by Gasteiger charge is -2.29. The minimum Gasteiger partial charge on any atom is -0.407 e. The highest BCUT2D eigenvalue weighted by atomic mass is 16.7. The molecule has 0 radical (unpaired) electrons. The van der Waals surface area contributed by atoms with Gasteiger partial charge in [0.2, 0.25) is 5.60 Å². The van der Waals surface area contributed by atoms with Crippen molar-refractivity contribution >= 4 is 5.91 Å². The zero-order chi connectivity index (χ0) is 14.4. The van der Waals surface area contributed by atoms with Crippen LogP contribution in [-0.2, 0) is 15.2 Å². The van der Waals surface area contributed by atoms with Gasteiger partial charge in [-0.3, -0.25) is 4.79 Å². The van der Waals surface area contributed by atoms with Crippen molar-refractivity contribution in [2.24, 2.45) is 11.0 Å². The van der Waals surface area contributed by atoms with Crippen LogP contribution in [0.3, 0.4) is 0 Å². The Bertz CT molecular complexity index is 597. The Morgan fingerprint density at radius 2 is 1.50 bits per heavy atom. The number of nitrogens with two attached hydrogens (primary N) is 1. The van der Waals surface area contributed by atoms with Gasteiger partial charge in [0, 0.05) is 16.0 Å². The molecule has 6 heteroatoms. The topological polar surface area (TPSA) is 101 Å². The number of benzene rings is 2. The molecule has 0 aliphatic rings. The Morgan fingerprint density at radius 1 is 1.05 bits per heavy atom. The van der Waals surface area contributed by atoms with Gasteiger partial charge in [-0.25, -0.2) is 0 Å². The lowest BCUT2D eigenvalue weighted by Crippen LogP contribution is -2.43. The Labute approximate surface area is 115 Å². The molecule has 0 atom stereocenters. The fourth-order valence-electron chi connectivity index (χ4n) is 2.03. The molecule has 2 N–H and O–H groups in total. The van der Waals surface area contributed by atoms with Crippen LogP contribution in [0.25, 0.3) is 10.4 Å². The lowest BCUT2D eigenvalue weighted by atomic mass is 9.85. The van der Waals surface area contributed by atoms with E-state index in [0.717, 1.165) is 0 Å².